The number of hydrogen-bond donors (Lipinski definition) is 2. The van der Waals surface area contributed by atoms with Gasteiger partial charge in [-0.05, 0) is 46.3 Å². The monoisotopic (exact) mass is 368 g/mol. The zero-order valence-corrected chi connectivity index (χ0v) is 13.0. The van der Waals surface area contributed by atoms with E-state index in [0.717, 1.165) is 6.07 Å². The van der Waals surface area contributed by atoms with Crippen molar-refractivity contribution in [3.05, 3.63) is 52.3 Å². The van der Waals surface area contributed by atoms with Crippen molar-refractivity contribution in [2.24, 2.45) is 0 Å². The molecule has 4 nitrogen and oxygen atoms in total. The van der Waals surface area contributed by atoms with Crippen molar-refractivity contribution in [2.75, 3.05) is 10.5 Å². The van der Waals surface area contributed by atoms with Crippen LogP contribution in [-0.2, 0) is 10.0 Å². The highest BCUT2D eigenvalue weighted by atomic mass is 79.9. The van der Waals surface area contributed by atoms with Crippen molar-refractivity contribution in [3.63, 3.8) is 0 Å². The Hall–Kier alpha value is -2.04. The van der Waals surface area contributed by atoms with E-state index in [9.17, 15) is 12.8 Å². The van der Waals surface area contributed by atoms with Crippen LogP contribution in [0.25, 0.3) is 0 Å². The van der Waals surface area contributed by atoms with Crippen LogP contribution in [0.3, 0.4) is 0 Å². The van der Waals surface area contributed by atoms with Crippen molar-refractivity contribution >= 4 is 37.3 Å². The maximum atomic E-state index is 14.0. The molecule has 0 aliphatic carbocycles. The zero-order chi connectivity index (χ0) is 15.6. The largest absolute Gasteiger partial charge is 0.399 e. The molecule has 0 saturated heterocycles. The van der Waals surface area contributed by atoms with E-state index in [-0.39, 0.29) is 15.8 Å². The molecule has 0 unspecified atom stereocenters. The Bertz CT molecular complexity index is 845. The first kappa shape index (κ1) is 15.4. The molecule has 0 heterocycles. The molecule has 2 aromatic rings. The van der Waals surface area contributed by atoms with Crippen molar-refractivity contribution < 1.29 is 12.8 Å². The summed E-state index contributed by atoms with van der Waals surface area (Å²) in [4.78, 5) is -0.541. The van der Waals surface area contributed by atoms with E-state index in [4.69, 9.17) is 12.2 Å². The number of sulfonamides is 1. The van der Waals surface area contributed by atoms with Crippen LogP contribution in [0, 0.1) is 18.2 Å². The molecular formula is C14H10BrFN2O2S. The van der Waals surface area contributed by atoms with Gasteiger partial charge < -0.3 is 5.73 Å². The predicted molar refractivity (Wildman–Crippen MR) is 83.7 cm³/mol. The number of nitrogen functional groups attached to an aromatic ring is 1. The molecule has 7 heteroatoms. The zero-order valence-electron chi connectivity index (χ0n) is 10.6. The smallest absolute Gasteiger partial charge is 0.264 e. The average molecular weight is 369 g/mol. The van der Waals surface area contributed by atoms with E-state index in [2.05, 4.69) is 26.6 Å². The van der Waals surface area contributed by atoms with Gasteiger partial charge in [0.1, 0.15) is 4.90 Å². The summed E-state index contributed by atoms with van der Waals surface area (Å²) in [6.07, 6.45) is 5.25. The first-order chi connectivity index (χ1) is 9.83. The summed E-state index contributed by atoms with van der Waals surface area (Å²) in [7, 11) is -4.12. The van der Waals surface area contributed by atoms with Gasteiger partial charge >= 0.3 is 0 Å². The van der Waals surface area contributed by atoms with Crippen molar-refractivity contribution in [3.8, 4) is 12.3 Å². The molecule has 0 amide bonds. The minimum atomic E-state index is -4.12. The summed E-state index contributed by atoms with van der Waals surface area (Å²) >= 11 is 2.92. The van der Waals surface area contributed by atoms with E-state index >= 15 is 0 Å². The maximum Gasteiger partial charge on any atom is 0.264 e. The molecule has 2 rings (SSSR count). The van der Waals surface area contributed by atoms with E-state index in [0.29, 0.717) is 5.56 Å². The van der Waals surface area contributed by atoms with E-state index < -0.39 is 20.7 Å². The number of halogens is 2. The molecule has 21 heavy (non-hydrogen) atoms. The number of nitrogens with one attached hydrogen (secondary N) is 1. The number of terminal acetylenes is 1. The first-order valence-corrected chi connectivity index (χ1v) is 7.95. The van der Waals surface area contributed by atoms with Gasteiger partial charge in [-0.1, -0.05) is 12.0 Å². The Labute approximate surface area is 130 Å². The first-order valence-electron chi connectivity index (χ1n) is 5.67. The summed E-state index contributed by atoms with van der Waals surface area (Å²) in [6, 6.07) is 8.56. The minimum Gasteiger partial charge on any atom is -0.399 e. The molecule has 0 aliphatic heterocycles. The molecule has 0 spiro atoms. The second-order valence-electron chi connectivity index (χ2n) is 4.15. The minimum absolute atomic E-state index is 0.0275. The molecule has 0 atom stereocenters. The van der Waals surface area contributed by atoms with Gasteiger partial charge in [0.2, 0.25) is 0 Å². The van der Waals surface area contributed by atoms with E-state index in [1.807, 2.05) is 0 Å². The Balaban J connectivity index is 2.46. The Morgan fingerprint density at radius 1 is 1.29 bits per heavy atom. The van der Waals surface area contributed by atoms with Gasteiger partial charge in [0.05, 0.1) is 10.2 Å². The van der Waals surface area contributed by atoms with Gasteiger partial charge in [-0.3, -0.25) is 4.72 Å². The molecular weight excluding hydrogens is 359 g/mol. The standard InChI is InChI=1S/C14H10BrFN2O2S/c1-2-9-4-3-5-11(6-9)18-21(19,20)13-8-10(17)7-12(15)14(13)16/h1,3-8,18H,17H2. The molecule has 0 aromatic heterocycles. The van der Waals surface area contributed by atoms with Crippen molar-refractivity contribution in [1.82, 2.24) is 0 Å². The summed E-state index contributed by atoms with van der Waals surface area (Å²) in [6.45, 7) is 0. The summed E-state index contributed by atoms with van der Waals surface area (Å²) in [5.41, 5.74) is 6.42. The van der Waals surface area contributed by atoms with Gasteiger partial charge in [-0.25, -0.2) is 12.8 Å². The van der Waals surface area contributed by atoms with Crippen molar-refractivity contribution in [1.29, 1.82) is 0 Å². The van der Waals surface area contributed by atoms with Crippen LogP contribution in [0.15, 0.2) is 45.8 Å². The SMILES string of the molecule is C#Cc1cccc(NS(=O)(=O)c2cc(N)cc(Br)c2F)c1. The molecule has 0 saturated carbocycles. The third-order valence-electron chi connectivity index (χ3n) is 2.59. The Kier molecular flexibility index (Phi) is 4.21. The fourth-order valence-corrected chi connectivity index (χ4v) is 3.46. The molecule has 2 aromatic carbocycles. The number of nitrogens with two attached hydrogens (primary N) is 1. The van der Waals surface area contributed by atoms with Gasteiger partial charge in [-0.2, -0.15) is 0 Å². The highest BCUT2D eigenvalue weighted by Crippen LogP contribution is 2.27. The van der Waals surface area contributed by atoms with Crippen LogP contribution in [-0.4, -0.2) is 8.42 Å². The Morgan fingerprint density at radius 3 is 2.67 bits per heavy atom. The lowest BCUT2D eigenvalue weighted by molar-refractivity contribution is 0.567. The summed E-state index contributed by atoms with van der Waals surface area (Å²) in [5, 5.41) is 0. The summed E-state index contributed by atoms with van der Waals surface area (Å²) < 4.78 is 40.7. The van der Waals surface area contributed by atoms with Gasteiger partial charge in [0.25, 0.3) is 10.0 Å². The highest BCUT2D eigenvalue weighted by Gasteiger charge is 2.22. The number of hydrogen-bond acceptors (Lipinski definition) is 3. The molecule has 0 fully saturated rings. The number of rotatable bonds is 3. The normalized spacial score (nSPS) is 10.9. The quantitative estimate of drug-likeness (QED) is 0.646. The number of anilines is 2. The maximum absolute atomic E-state index is 14.0. The van der Waals surface area contributed by atoms with Crippen LogP contribution in [0.2, 0.25) is 0 Å². The fourth-order valence-electron chi connectivity index (χ4n) is 1.66. The van der Waals surface area contributed by atoms with E-state index in [1.165, 1.54) is 18.2 Å². The van der Waals surface area contributed by atoms with Crippen molar-refractivity contribution in [2.45, 2.75) is 4.90 Å². The second-order valence-corrected chi connectivity index (χ2v) is 6.65. The third kappa shape index (κ3) is 3.35. The molecule has 0 radical (unpaired) electrons. The summed E-state index contributed by atoms with van der Waals surface area (Å²) in [5.74, 6) is 1.47. The van der Waals surface area contributed by atoms with Crippen LogP contribution in [0.1, 0.15) is 5.56 Å². The average Bonchev–Trinajstić information content (AvgIpc) is 2.42. The fraction of sp³-hybridized carbons (Fsp3) is 0. The highest BCUT2D eigenvalue weighted by molar-refractivity contribution is 9.10. The molecule has 0 bridgehead atoms. The van der Waals surface area contributed by atoms with Crippen LogP contribution >= 0.6 is 15.9 Å². The van der Waals surface area contributed by atoms with Crippen LogP contribution in [0.5, 0.6) is 0 Å². The molecule has 3 N–H and O–H groups in total. The topological polar surface area (TPSA) is 72.2 Å². The second kappa shape index (κ2) is 5.76. The predicted octanol–water partition coefficient (Wildman–Crippen LogP) is 2.95. The Morgan fingerprint density at radius 2 is 2.00 bits per heavy atom. The van der Waals surface area contributed by atoms with Gasteiger partial charge in [0.15, 0.2) is 5.82 Å². The molecule has 0 aliphatic rings. The van der Waals surface area contributed by atoms with Gasteiger partial charge in [0, 0.05) is 11.3 Å². The van der Waals surface area contributed by atoms with Crippen LogP contribution in [0.4, 0.5) is 15.8 Å². The lowest BCUT2D eigenvalue weighted by atomic mass is 10.2. The molecule has 108 valence electrons. The third-order valence-corrected chi connectivity index (χ3v) is 4.55. The van der Waals surface area contributed by atoms with Crippen LogP contribution < -0.4 is 10.5 Å². The number of benzene rings is 2. The lowest BCUT2D eigenvalue weighted by Crippen LogP contribution is -2.15. The van der Waals surface area contributed by atoms with Gasteiger partial charge in [-0.15, -0.1) is 6.42 Å². The lowest BCUT2D eigenvalue weighted by Gasteiger charge is -2.11. The van der Waals surface area contributed by atoms with E-state index in [1.54, 1.807) is 12.1 Å².